The Morgan fingerprint density at radius 2 is 2.08 bits per heavy atom. The van der Waals surface area contributed by atoms with Crippen LogP contribution in [0.4, 0.5) is 8.78 Å². The number of hydrogen-bond acceptors (Lipinski definition) is 1. The van der Waals surface area contributed by atoms with Crippen LogP contribution in [-0.2, 0) is 0 Å². The van der Waals surface area contributed by atoms with Crippen molar-refractivity contribution < 1.29 is 13.6 Å². The minimum absolute atomic E-state index is 0.279. The highest BCUT2D eigenvalue weighted by Crippen LogP contribution is 2.09. The molecule has 0 spiro atoms. The summed E-state index contributed by atoms with van der Waals surface area (Å²) < 4.78 is 25.0. The number of hydrogen-bond donors (Lipinski definition) is 0. The quantitative estimate of drug-likeness (QED) is 0.353. The Morgan fingerprint density at radius 1 is 1.42 bits per heavy atom. The van der Waals surface area contributed by atoms with E-state index in [9.17, 15) is 13.6 Å². The first kappa shape index (κ1) is 8.41. The monoisotopic (exact) mass is 166 g/mol. The van der Waals surface area contributed by atoms with Crippen LogP contribution in [0, 0.1) is 24.0 Å². The molecule has 0 amide bonds. The standard InChI is InChI=1S/C9H4F2O/c1-2-9(12)7-4-3-6(10)5-8(7)11/h1,3-5H. The van der Waals surface area contributed by atoms with Crippen molar-refractivity contribution in [1.29, 1.82) is 0 Å². The van der Waals surface area contributed by atoms with Gasteiger partial charge in [-0.15, -0.1) is 6.42 Å². The third kappa shape index (κ3) is 1.48. The van der Waals surface area contributed by atoms with Gasteiger partial charge in [-0.05, 0) is 18.1 Å². The molecule has 0 saturated carbocycles. The maximum atomic E-state index is 12.7. The number of carbonyl (C=O) groups excluding carboxylic acids is 1. The van der Waals surface area contributed by atoms with Crippen molar-refractivity contribution in [2.24, 2.45) is 0 Å². The summed E-state index contributed by atoms with van der Waals surface area (Å²) in [5.41, 5.74) is -0.279. The number of halogens is 2. The first-order chi connectivity index (χ1) is 5.65. The van der Waals surface area contributed by atoms with E-state index in [1.54, 1.807) is 5.92 Å². The average Bonchev–Trinajstić information content (AvgIpc) is 2.03. The van der Waals surface area contributed by atoms with E-state index < -0.39 is 17.4 Å². The molecule has 0 saturated heterocycles. The molecule has 60 valence electrons. The summed E-state index contributed by atoms with van der Waals surface area (Å²) in [5, 5.41) is 0. The molecule has 1 nitrogen and oxygen atoms in total. The van der Waals surface area contributed by atoms with Crippen molar-refractivity contribution in [1.82, 2.24) is 0 Å². The molecule has 3 heteroatoms. The van der Waals surface area contributed by atoms with Gasteiger partial charge in [-0.25, -0.2) is 8.78 Å². The Morgan fingerprint density at radius 3 is 2.58 bits per heavy atom. The van der Waals surface area contributed by atoms with Gasteiger partial charge < -0.3 is 0 Å². The lowest BCUT2D eigenvalue weighted by Crippen LogP contribution is -1.98. The van der Waals surface area contributed by atoms with Crippen LogP contribution >= 0.6 is 0 Å². The molecule has 0 heterocycles. The molecular formula is C9H4F2O. The van der Waals surface area contributed by atoms with Crippen molar-refractivity contribution in [2.75, 3.05) is 0 Å². The molecule has 0 aromatic heterocycles. The van der Waals surface area contributed by atoms with E-state index in [1.807, 2.05) is 0 Å². The van der Waals surface area contributed by atoms with Crippen LogP contribution in [0.25, 0.3) is 0 Å². The van der Waals surface area contributed by atoms with Gasteiger partial charge in [0.25, 0.3) is 0 Å². The SMILES string of the molecule is C#CC(=O)c1ccc(F)cc1F. The van der Waals surface area contributed by atoms with Crippen LogP contribution in [0.5, 0.6) is 0 Å². The summed E-state index contributed by atoms with van der Waals surface area (Å²) in [7, 11) is 0. The highest BCUT2D eigenvalue weighted by Gasteiger charge is 2.08. The van der Waals surface area contributed by atoms with E-state index in [2.05, 4.69) is 0 Å². The number of ketones is 1. The van der Waals surface area contributed by atoms with Gasteiger partial charge in [0.05, 0.1) is 5.56 Å². The summed E-state index contributed by atoms with van der Waals surface area (Å²) in [6.07, 6.45) is 4.75. The molecule has 0 aliphatic carbocycles. The molecule has 1 aromatic rings. The molecule has 0 aliphatic heterocycles. The van der Waals surface area contributed by atoms with Crippen LogP contribution in [0.1, 0.15) is 10.4 Å². The van der Waals surface area contributed by atoms with E-state index in [1.165, 1.54) is 0 Å². The molecule has 1 rings (SSSR count). The van der Waals surface area contributed by atoms with Crippen LogP contribution in [0.3, 0.4) is 0 Å². The molecule has 0 radical (unpaired) electrons. The zero-order chi connectivity index (χ0) is 9.14. The van der Waals surface area contributed by atoms with Crippen molar-refractivity contribution in [3.8, 4) is 12.3 Å². The van der Waals surface area contributed by atoms with Gasteiger partial charge in [0.1, 0.15) is 11.6 Å². The highest BCUT2D eigenvalue weighted by molar-refractivity contribution is 6.08. The number of Topliss-reactive ketones (excluding diaryl/α,β-unsaturated/α-hetero) is 1. The number of terminal acetylenes is 1. The largest absolute Gasteiger partial charge is 0.279 e. The summed E-state index contributed by atoms with van der Waals surface area (Å²) in [4.78, 5) is 10.7. The molecule has 0 unspecified atom stereocenters. The fourth-order valence-electron chi connectivity index (χ4n) is 0.751. The Balaban J connectivity index is 3.20. The van der Waals surface area contributed by atoms with E-state index in [4.69, 9.17) is 6.42 Å². The molecule has 12 heavy (non-hydrogen) atoms. The number of benzene rings is 1. The van der Waals surface area contributed by atoms with Crippen molar-refractivity contribution >= 4 is 5.78 Å². The lowest BCUT2D eigenvalue weighted by atomic mass is 10.1. The lowest BCUT2D eigenvalue weighted by Gasteiger charge is -1.95. The van der Waals surface area contributed by atoms with Crippen LogP contribution in [-0.4, -0.2) is 5.78 Å². The second-order valence-corrected chi connectivity index (χ2v) is 2.10. The summed E-state index contributed by atoms with van der Waals surface area (Å²) in [6.45, 7) is 0. The Kier molecular flexibility index (Phi) is 2.20. The summed E-state index contributed by atoms with van der Waals surface area (Å²) >= 11 is 0. The van der Waals surface area contributed by atoms with Gasteiger partial charge >= 0.3 is 0 Å². The van der Waals surface area contributed by atoms with Gasteiger partial charge in [0.2, 0.25) is 5.78 Å². The third-order valence-electron chi connectivity index (χ3n) is 1.31. The fraction of sp³-hybridized carbons (Fsp3) is 0. The zero-order valence-corrected chi connectivity index (χ0v) is 5.97. The van der Waals surface area contributed by atoms with Gasteiger partial charge in [-0.1, -0.05) is 0 Å². The van der Waals surface area contributed by atoms with E-state index in [0.29, 0.717) is 6.07 Å². The number of rotatable bonds is 1. The van der Waals surface area contributed by atoms with E-state index in [0.717, 1.165) is 12.1 Å². The van der Waals surface area contributed by atoms with Crippen LogP contribution in [0.2, 0.25) is 0 Å². The topological polar surface area (TPSA) is 17.1 Å². The maximum Gasteiger partial charge on any atom is 0.238 e. The van der Waals surface area contributed by atoms with Gasteiger partial charge in [-0.2, -0.15) is 0 Å². The number of carbonyl (C=O) groups is 1. The lowest BCUT2D eigenvalue weighted by molar-refractivity contribution is 0.105. The van der Waals surface area contributed by atoms with Gasteiger partial charge in [-0.3, -0.25) is 4.79 Å². The minimum Gasteiger partial charge on any atom is -0.279 e. The van der Waals surface area contributed by atoms with Gasteiger partial charge in [0.15, 0.2) is 0 Å². The maximum absolute atomic E-state index is 12.7. The first-order valence-corrected chi connectivity index (χ1v) is 3.11. The fourth-order valence-corrected chi connectivity index (χ4v) is 0.751. The Labute approximate surface area is 68.0 Å². The van der Waals surface area contributed by atoms with Crippen LogP contribution in [0.15, 0.2) is 18.2 Å². The zero-order valence-electron chi connectivity index (χ0n) is 5.97. The Bertz CT molecular complexity index is 363. The van der Waals surface area contributed by atoms with Crippen molar-refractivity contribution in [2.45, 2.75) is 0 Å². The molecule has 0 atom stereocenters. The molecule has 0 fully saturated rings. The summed E-state index contributed by atoms with van der Waals surface area (Å²) in [6, 6.07) is 2.62. The second kappa shape index (κ2) is 3.14. The molecule has 0 aliphatic rings. The second-order valence-electron chi connectivity index (χ2n) is 2.10. The Hall–Kier alpha value is -1.69. The normalized spacial score (nSPS) is 9.08. The molecule has 0 N–H and O–H groups in total. The highest BCUT2D eigenvalue weighted by atomic mass is 19.1. The smallest absolute Gasteiger partial charge is 0.238 e. The van der Waals surface area contributed by atoms with Gasteiger partial charge in [0, 0.05) is 6.07 Å². The summed E-state index contributed by atoms with van der Waals surface area (Å²) in [5.74, 6) is -0.712. The predicted octanol–water partition coefficient (Wildman–Crippen LogP) is 1.78. The first-order valence-electron chi connectivity index (χ1n) is 3.11. The molecular weight excluding hydrogens is 162 g/mol. The average molecular weight is 166 g/mol. The minimum atomic E-state index is -0.932. The van der Waals surface area contributed by atoms with Crippen LogP contribution < -0.4 is 0 Å². The molecule has 0 bridgehead atoms. The third-order valence-corrected chi connectivity index (χ3v) is 1.31. The van der Waals surface area contributed by atoms with Crippen molar-refractivity contribution in [3.05, 3.63) is 35.4 Å². The van der Waals surface area contributed by atoms with E-state index >= 15 is 0 Å². The van der Waals surface area contributed by atoms with E-state index in [-0.39, 0.29) is 5.56 Å². The molecule has 1 aromatic carbocycles. The van der Waals surface area contributed by atoms with Crippen molar-refractivity contribution in [3.63, 3.8) is 0 Å². The predicted molar refractivity (Wildman–Crippen MR) is 39.5 cm³/mol.